The number of rotatable bonds is 3. The van der Waals surface area contributed by atoms with Gasteiger partial charge in [0, 0.05) is 36.6 Å². The number of nitrogens with one attached hydrogen (secondary N) is 1. The van der Waals surface area contributed by atoms with Gasteiger partial charge in [-0.1, -0.05) is 18.2 Å². The Hall–Kier alpha value is -2.05. The molecule has 2 aliphatic heterocycles. The van der Waals surface area contributed by atoms with Gasteiger partial charge in [-0.25, -0.2) is 0 Å². The molecule has 6 aliphatic rings. The molecule has 1 aromatic carbocycles. The summed E-state index contributed by atoms with van der Waals surface area (Å²) in [7, 11) is 3.45. The Kier molecular flexibility index (Phi) is 3.58. The molecular weight excluding hydrogens is 392 g/mol. The summed E-state index contributed by atoms with van der Waals surface area (Å²) in [6.07, 6.45) is 6.89. The van der Waals surface area contributed by atoms with Crippen molar-refractivity contribution in [2.45, 2.75) is 68.8 Å². The van der Waals surface area contributed by atoms with Gasteiger partial charge >= 0.3 is 0 Å². The monoisotopic (exact) mass is 424 g/mol. The summed E-state index contributed by atoms with van der Waals surface area (Å²) < 4.78 is 18.9. The predicted molar refractivity (Wildman–Crippen MR) is 117 cm³/mol. The van der Waals surface area contributed by atoms with Crippen LogP contribution in [-0.4, -0.2) is 60.0 Å². The number of hydrogen-bond acceptors (Lipinski definition) is 5. The van der Waals surface area contributed by atoms with Crippen LogP contribution in [-0.2, 0) is 16.6 Å². The lowest BCUT2D eigenvalue weighted by atomic mass is 9.36. The molecule has 2 fully saturated rings. The predicted octanol–water partition coefficient (Wildman–Crippen LogP) is 3.05. The fourth-order valence-corrected chi connectivity index (χ4v) is 8.19. The number of benzene rings is 1. The zero-order valence-corrected chi connectivity index (χ0v) is 19.0. The lowest BCUT2D eigenvalue weighted by Gasteiger charge is -2.72. The number of methoxy groups -OCH3 is 2. The summed E-state index contributed by atoms with van der Waals surface area (Å²) in [4.78, 5) is 2.28. The van der Waals surface area contributed by atoms with E-state index in [1.54, 1.807) is 14.2 Å². The van der Waals surface area contributed by atoms with E-state index in [-0.39, 0.29) is 28.9 Å². The molecule has 6 heteroatoms. The maximum atomic E-state index is 11.3. The maximum Gasteiger partial charge on any atom is 0.166 e. The third-order valence-electron chi connectivity index (χ3n) is 9.29. The number of likely N-dealkylation sites (tertiary alicyclic amines) is 1. The molecule has 0 radical (unpaired) electrons. The minimum atomic E-state index is -0.934. The topological polar surface area (TPSA) is 75.0 Å². The third kappa shape index (κ3) is 1.92. The van der Waals surface area contributed by atoms with E-state index < -0.39 is 11.2 Å². The van der Waals surface area contributed by atoms with Crippen LogP contribution in [0.5, 0.6) is 11.5 Å². The Morgan fingerprint density at radius 2 is 2.06 bits per heavy atom. The van der Waals surface area contributed by atoms with Gasteiger partial charge in [-0.15, -0.1) is 0 Å². The van der Waals surface area contributed by atoms with E-state index in [1.165, 1.54) is 11.1 Å². The Bertz CT molecular complexity index is 1030. The molecule has 0 amide bonds. The van der Waals surface area contributed by atoms with Crippen LogP contribution >= 0.6 is 0 Å². The van der Waals surface area contributed by atoms with Crippen LogP contribution in [0.3, 0.4) is 0 Å². The van der Waals surface area contributed by atoms with Crippen molar-refractivity contribution in [3.63, 3.8) is 0 Å². The molecule has 31 heavy (non-hydrogen) atoms. The average Bonchev–Trinajstić information content (AvgIpc) is 3.09. The number of nitrogens with zero attached hydrogens (tertiary/aromatic N) is 1. The minimum absolute atomic E-state index is 0.122. The first-order chi connectivity index (χ1) is 14.7. The van der Waals surface area contributed by atoms with Gasteiger partial charge < -0.3 is 24.2 Å². The van der Waals surface area contributed by atoms with Crippen LogP contribution in [0.15, 0.2) is 24.3 Å². The number of ether oxygens (including phenoxy) is 3. The van der Waals surface area contributed by atoms with Gasteiger partial charge in [0.1, 0.15) is 11.7 Å². The highest BCUT2D eigenvalue weighted by molar-refractivity contribution is 5.78. The van der Waals surface area contributed by atoms with Gasteiger partial charge in [0.05, 0.1) is 24.0 Å². The molecule has 1 saturated carbocycles. The first-order valence-corrected chi connectivity index (χ1v) is 11.3. The van der Waals surface area contributed by atoms with Gasteiger partial charge in [-0.3, -0.25) is 5.41 Å². The summed E-state index contributed by atoms with van der Waals surface area (Å²) in [6, 6.07) is 4.36. The molecule has 1 saturated heterocycles. The van der Waals surface area contributed by atoms with E-state index in [2.05, 4.69) is 23.1 Å². The number of hydrogen-bond donors (Lipinski definition) is 2. The minimum Gasteiger partial charge on any atom is -0.493 e. The second kappa shape index (κ2) is 5.65. The largest absolute Gasteiger partial charge is 0.493 e. The summed E-state index contributed by atoms with van der Waals surface area (Å²) >= 11 is 0. The summed E-state index contributed by atoms with van der Waals surface area (Å²) in [6.45, 7) is 6.51. The zero-order valence-electron chi connectivity index (χ0n) is 19.0. The summed E-state index contributed by atoms with van der Waals surface area (Å²) in [5.41, 5.74) is 0.464. The molecule has 166 valence electrons. The van der Waals surface area contributed by atoms with Crippen LogP contribution in [0.2, 0.25) is 0 Å². The smallest absolute Gasteiger partial charge is 0.166 e. The maximum absolute atomic E-state index is 11.3. The second-order valence-corrected chi connectivity index (χ2v) is 10.7. The fraction of sp³-hybridized carbons (Fsp3) is 0.640. The van der Waals surface area contributed by atoms with Crippen LogP contribution in [0, 0.1) is 16.7 Å². The number of piperidine rings is 1. The highest BCUT2D eigenvalue weighted by Gasteiger charge is 2.80. The molecule has 2 spiro atoms. The van der Waals surface area contributed by atoms with Crippen LogP contribution in [0.25, 0.3) is 0 Å². The van der Waals surface area contributed by atoms with Crippen molar-refractivity contribution in [1.29, 1.82) is 5.41 Å². The second-order valence-electron chi connectivity index (χ2n) is 10.7. The molecule has 4 bridgehead atoms. The van der Waals surface area contributed by atoms with Gasteiger partial charge in [-0.2, -0.15) is 0 Å². The van der Waals surface area contributed by atoms with E-state index in [0.717, 1.165) is 37.3 Å². The highest BCUT2D eigenvalue weighted by atomic mass is 16.6. The van der Waals surface area contributed by atoms with Gasteiger partial charge in [0.25, 0.3) is 0 Å². The molecule has 0 aromatic heterocycles. The lowest BCUT2D eigenvalue weighted by molar-refractivity contribution is -0.241. The number of fused-ring (bicyclic) bond motifs is 1. The molecule has 6 atom stereocenters. The summed E-state index contributed by atoms with van der Waals surface area (Å²) in [5, 5.41) is 19.8. The van der Waals surface area contributed by atoms with Crippen molar-refractivity contribution < 1.29 is 19.3 Å². The van der Waals surface area contributed by atoms with Crippen molar-refractivity contribution in [1.82, 2.24) is 4.90 Å². The highest BCUT2D eigenvalue weighted by Crippen LogP contribution is 2.75. The molecule has 4 aliphatic carbocycles. The number of amidine groups is 1. The number of aliphatic hydroxyl groups is 1. The SMILES string of the molecule is COc1ccc2c3c1O[C@@H]1[C@]34CCN(C(C)=N)[C@H](C2)C42C=C[C@@]1(OC)C(C(C)(C)O)C2. The molecule has 2 heterocycles. The molecule has 2 N–H and O–H groups in total. The quantitative estimate of drug-likeness (QED) is 0.443. The Morgan fingerprint density at radius 3 is 2.71 bits per heavy atom. The fourth-order valence-electron chi connectivity index (χ4n) is 8.19. The van der Waals surface area contributed by atoms with E-state index in [1.807, 2.05) is 26.8 Å². The standard InChI is InChI=1S/C25H32N2O4/c1-14(26)27-11-10-24-19-15-6-7-16(29-4)20(19)31-21(24)25(30-5)9-8-23(24,18(27)12-15)13-17(25)22(2,3)28/h6-9,17-18,21,26,28H,10-13H2,1-5H3/t17?,18-,21-,23?,24+,25-/m1/s1. The molecule has 6 nitrogen and oxygen atoms in total. The lowest BCUT2D eigenvalue weighted by Crippen LogP contribution is -2.80. The third-order valence-corrected chi connectivity index (χ3v) is 9.29. The van der Waals surface area contributed by atoms with Crippen molar-refractivity contribution in [3.8, 4) is 11.5 Å². The van der Waals surface area contributed by atoms with Gasteiger partial charge in [-0.05, 0) is 51.7 Å². The van der Waals surface area contributed by atoms with Crippen LogP contribution in [0.1, 0.15) is 44.7 Å². The van der Waals surface area contributed by atoms with Crippen molar-refractivity contribution in [2.75, 3.05) is 20.8 Å². The first-order valence-electron chi connectivity index (χ1n) is 11.3. The van der Waals surface area contributed by atoms with Gasteiger partial charge in [0.2, 0.25) is 0 Å². The normalized spacial score (nSPS) is 41.1. The van der Waals surface area contributed by atoms with Crippen molar-refractivity contribution >= 4 is 5.84 Å². The van der Waals surface area contributed by atoms with Crippen LogP contribution < -0.4 is 9.47 Å². The van der Waals surface area contributed by atoms with E-state index in [4.69, 9.17) is 19.6 Å². The van der Waals surface area contributed by atoms with E-state index in [0.29, 0.717) is 5.84 Å². The Labute approximate surface area is 183 Å². The average molecular weight is 425 g/mol. The summed E-state index contributed by atoms with van der Waals surface area (Å²) in [5.74, 6) is 2.12. The van der Waals surface area contributed by atoms with Crippen LogP contribution in [0.4, 0.5) is 0 Å². The van der Waals surface area contributed by atoms with E-state index >= 15 is 0 Å². The van der Waals surface area contributed by atoms with Crippen molar-refractivity contribution in [2.24, 2.45) is 11.3 Å². The molecule has 1 aromatic rings. The Morgan fingerprint density at radius 1 is 1.29 bits per heavy atom. The molecule has 7 rings (SSSR count). The first kappa shape index (κ1) is 19.6. The zero-order chi connectivity index (χ0) is 22.0. The van der Waals surface area contributed by atoms with Crippen molar-refractivity contribution in [3.05, 3.63) is 35.4 Å². The van der Waals surface area contributed by atoms with E-state index in [9.17, 15) is 5.11 Å². The molecule has 2 unspecified atom stereocenters. The Balaban J connectivity index is 1.70. The molecular formula is C25H32N2O4. The van der Waals surface area contributed by atoms with Gasteiger partial charge in [0.15, 0.2) is 11.5 Å².